The lowest BCUT2D eigenvalue weighted by molar-refractivity contribution is 0.842. The van der Waals surface area contributed by atoms with Gasteiger partial charge in [-0.1, -0.05) is 29.4 Å². The summed E-state index contributed by atoms with van der Waals surface area (Å²) < 4.78 is 1.57. The van der Waals surface area contributed by atoms with Gasteiger partial charge in [-0.2, -0.15) is 9.67 Å². The first-order valence-corrected chi connectivity index (χ1v) is 5.83. The standard InChI is InChI=1S/C9H9ClN4S/c1-15-9-12-8(11)14(13-9)7-4-2-3-6(10)5-7/h2-5H,1H3,(H2,11,12,13). The van der Waals surface area contributed by atoms with Gasteiger partial charge < -0.3 is 5.73 Å². The van der Waals surface area contributed by atoms with E-state index in [0.717, 1.165) is 5.69 Å². The third-order valence-electron chi connectivity index (χ3n) is 1.85. The number of anilines is 1. The van der Waals surface area contributed by atoms with Gasteiger partial charge in [0.15, 0.2) is 0 Å². The Morgan fingerprint density at radius 1 is 1.47 bits per heavy atom. The van der Waals surface area contributed by atoms with E-state index >= 15 is 0 Å². The van der Waals surface area contributed by atoms with E-state index in [1.54, 1.807) is 16.8 Å². The number of benzene rings is 1. The van der Waals surface area contributed by atoms with Crippen molar-refractivity contribution in [1.29, 1.82) is 0 Å². The molecule has 0 saturated heterocycles. The van der Waals surface area contributed by atoms with Gasteiger partial charge in [0, 0.05) is 5.02 Å². The average molecular weight is 241 g/mol. The van der Waals surface area contributed by atoms with Crippen molar-refractivity contribution in [2.24, 2.45) is 0 Å². The minimum atomic E-state index is 0.363. The van der Waals surface area contributed by atoms with Gasteiger partial charge in [0.25, 0.3) is 0 Å². The van der Waals surface area contributed by atoms with Crippen LogP contribution in [0.15, 0.2) is 29.4 Å². The summed E-state index contributed by atoms with van der Waals surface area (Å²) in [5.74, 6) is 0.363. The van der Waals surface area contributed by atoms with Crippen molar-refractivity contribution >= 4 is 29.3 Å². The van der Waals surface area contributed by atoms with Crippen LogP contribution in [0.4, 0.5) is 5.95 Å². The molecule has 0 atom stereocenters. The molecule has 0 amide bonds. The monoisotopic (exact) mass is 240 g/mol. The first-order valence-electron chi connectivity index (χ1n) is 4.23. The molecule has 2 N–H and O–H groups in total. The summed E-state index contributed by atoms with van der Waals surface area (Å²) in [5.41, 5.74) is 6.54. The summed E-state index contributed by atoms with van der Waals surface area (Å²) in [6.07, 6.45) is 1.90. The zero-order valence-electron chi connectivity index (χ0n) is 8.01. The predicted molar refractivity (Wildman–Crippen MR) is 62.6 cm³/mol. The van der Waals surface area contributed by atoms with Crippen molar-refractivity contribution in [2.45, 2.75) is 5.16 Å². The fraction of sp³-hybridized carbons (Fsp3) is 0.111. The predicted octanol–water partition coefficient (Wildman–Crippen LogP) is 2.22. The van der Waals surface area contributed by atoms with Crippen molar-refractivity contribution in [3.05, 3.63) is 29.3 Å². The lowest BCUT2D eigenvalue weighted by Crippen LogP contribution is -2.01. The van der Waals surface area contributed by atoms with Crippen LogP contribution in [-0.2, 0) is 0 Å². The van der Waals surface area contributed by atoms with Crippen molar-refractivity contribution in [3.8, 4) is 5.69 Å². The molecule has 0 aliphatic rings. The molecule has 0 aliphatic carbocycles. The molecule has 2 aromatic rings. The van der Waals surface area contributed by atoms with Crippen molar-refractivity contribution < 1.29 is 0 Å². The van der Waals surface area contributed by atoms with Crippen LogP contribution in [0.25, 0.3) is 5.69 Å². The summed E-state index contributed by atoms with van der Waals surface area (Å²) in [6.45, 7) is 0. The van der Waals surface area contributed by atoms with E-state index in [4.69, 9.17) is 17.3 Å². The molecule has 0 spiro atoms. The van der Waals surface area contributed by atoms with Crippen LogP contribution in [0.1, 0.15) is 0 Å². The zero-order valence-corrected chi connectivity index (χ0v) is 9.59. The van der Waals surface area contributed by atoms with Crippen LogP contribution in [0.3, 0.4) is 0 Å². The van der Waals surface area contributed by atoms with Crippen molar-refractivity contribution in [1.82, 2.24) is 14.8 Å². The Kier molecular flexibility index (Phi) is 2.83. The molecule has 15 heavy (non-hydrogen) atoms. The SMILES string of the molecule is CSc1nc(N)n(-c2cccc(Cl)c2)n1. The van der Waals surface area contributed by atoms with E-state index in [-0.39, 0.29) is 0 Å². The number of thioether (sulfide) groups is 1. The van der Waals surface area contributed by atoms with Gasteiger partial charge >= 0.3 is 0 Å². The van der Waals surface area contributed by atoms with Gasteiger partial charge in [0.1, 0.15) is 0 Å². The van der Waals surface area contributed by atoms with Gasteiger partial charge in [-0.25, -0.2) is 0 Å². The van der Waals surface area contributed by atoms with Crippen LogP contribution in [0, 0.1) is 0 Å². The highest BCUT2D eigenvalue weighted by Gasteiger charge is 2.07. The Labute approximate surface area is 96.4 Å². The van der Waals surface area contributed by atoms with E-state index in [9.17, 15) is 0 Å². The molecule has 0 bridgehead atoms. The van der Waals surface area contributed by atoms with Gasteiger partial charge in [-0.3, -0.25) is 0 Å². The molecule has 0 fully saturated rings. The number of hydrogen-bond donors (Lipinski definition) is 1. The van der Waals surface area contributed by atoms with Gasteiger partial charge in [-0.15, -0.1) is 5.10 Å². The molecule has 0 saturated carbocycles. The molecule has 1 aromatic carbocycles. The van der Waals surface area contributed by atoms with E-state index in [0.29, 0.717) is 16.1 Å². The minimum Gasteiger partial charge on any atom is -0.368 e. The number of hydrogen-bond acceptors (Lipinski definition) is 4. The smallest absolute Gasteiger partial charge is 0.224 e. The van der Waals surface area contributed by atoms with Crippen LogP contribution >= 0.6 is 23.4 Å². The fourth-order valence-electron chi connectivity index (χ4n) is 1.19. The lowest BCUT2D eigenvalue weighted by atomic mass is 10.3. The molecule has 4 nitrogen and oxygen atoms in total. The van der Waals surface area contributed by atoms with Crippen LogP contribution in [0.2, 0.25) is 5.02 Å². The molecule has 1 heterocycles. The first kappa shape index (κ1) is 10.3. The summed E-state index contributed by atoms with van der Waals surface area (Å²) in [4.78, 5) is 4.08. The molecule has 0 radical (unpaired) electrons. The number of aromatic nitrogens is 3. The Bertz CT molecular complexity index is 483. The number of nitrogen functional groups attached to an aromatic ring is 1. The van der Waals surface area contributed by atoms with Gasteiger partial charge in [0.2, 0.25) is 11.1 Å². The largest absolute Gasteiger partial charge is 0.368 e. The maximum Gasteiger partial charge on any atom is 0.224 e. The Morgan fingerprint density at radius 3 is 2.87 bits per heavy atom. The molecule has 2 rings (SSSR count). The molecule has 6 heteroatoms. The van der Waals surface area contributed by atoms with Crippen molar-refractivity contribution in [2.75, 3.05) is 12.0 Å². The molecular formula is C9H9ClN4S. The average Bonchev–Trinajstić information content (AvgIpc) is 2.60. The summed E-state index contributed by atoms with van der Waals surface area (Å²) in [5, 5.41) is 5.52. The van der Waals surface area contributed by atoms with E-state index in [1.807, 2.05) is 18.4 Å². The maximum atomic E-state index is 5.88. The first-order chi connectivity index (χ1) is 7.20. The maximum absolute atomic E-state index is 5.88. The second-order valence-electron chi connectivity index (χ2n) is 2.85. The van der Waals surface area contributed by atoms with Crippen molar-refractivity contribution in [3.63, 3.8) is 0 Å². The zero-order chi connectivity index (χ0) is 10.8. The topological polar surface area (TPSA) is 56.7 Å². The van der Waals surface area contributed by atoms with E-state index in [1.165, 1.54) is 11.8 Å². The molecule has 78 valence electrons. The summed E-state index contributed by atoms with van der Waals surface area (Å²) in [7, 11) is 0. The highest BCUT2D eigenvalue weighted by Crippen LogP contribution is 2.18. The number of nitrogens with zero attached hydrogens (tertiary/aromatic N) is 3. The van der Waals surface area contributed by atoms with Crippen LogP contribution < -0.4 is 5.73 Å². The molecule has 0 aliphatic heterocycles. The molecular weight excluding hydrogens is 232 g/mol. The third kappa shape index (κ3) is 2.08. The second kappa shape index (κ2) is 4.12. The van der Waals surface area contributed by atoms with Crippen LogP contribution in [0.5, 0.6) is 0 Å². The lowest BCUT2D eigenvalue weighted by Gasteiger charge is -2.01. The quantitative estimate of drug-likeness (QED) is 0.818. The molecule has 1 aromatic heterocycles. The summed E-state index contributed by atoms with van der Waals surface area (Å²) in [6, 6.07) is 7.31. The minimum absolute atomic E-state index is 0.363. The third-order valence-corrected chi connectivity index (χ3v) is 2.62. The van der Waals surface area contributed by atoms with Gasteiger partial charge in [0.05, 0.1) is 5.69 Å². The summed E-state index contributed by atoms with van der Waals surface area (Å²) >= 11 is 7.33. The number of halogens is 1. The number of nitrogens with two attached hydrogens (primary N) is 1. The Balaban J connectivity index is 2.48. The van der Waals surface area contributed by atoms with E-state index < -0.39 is 0 Å². The van der Waals surface area contributed by atoms with Crippen LogP contribution in [-0.4, -0.2) is 21.0 Å². The molecule has 0 unspecified atom stereocenters. The highest BCUT2D eigenvalue weighted by atomic mass is 35.5. The Hall–Kier alpha value is -1.20. The second-order valence-corrected chi connectivity index (χ2v) is 4.06. The van der Waals surface area contributed by atoms with Gasteiger partial charge in [-0.05, 0) is 24.5 Å². The number of rotatable bonds is 2. The normalized spacial score (nSPS) is 10.5. The highest BCUT2D eigenvalue weighted by molar-refractivity contribution is 7.98. The fourth-order valence-corrected chi connectivity index (χ4v) is 1.72. The Morgan fingerprint density at radius 2 is 2.27 bits per heavy atom. The van der Waals surface area contributed by atoms with E-state index in [2.05, 4.69) is 10.1 Å².